The van der Waals surface area contributed by atoms with E-state index < -0.39 is 5.91 Å². The number of aryl methyl sites for hydroxylation is 2. The molecule has 152 valence electrons. The average molecular weight is 550 g/mol. The Morgan fingerprint density at radius 2 is 1.87 bits per heavy atom. The lowest BCUT2D eigenvalue weighted by Gasteiger charge is -2.11. The Kier molecular flexibility index (Phi) is 6.91. The van der Waals surface area contributed by atoms with Gasteiger partial charge in [0.25, 0.3) is 5.91 Å². The highest BCUT2D eigenvalue weighted by molar-refractivity contribution is 14.1. The van der Waals surface area contributed by atoms with E-state index in [4.69, 9.17) is 23.2 Å². The number of carbonyl (C=O) groups excluding carboxylic acids is 1. The van der Waals surface area contributed by atoms with Gasteiger partial charge in [0.1, 0.15) is 11.6 Å². The number of halogens is 3. The molecule has 30 heavy (non-hydrogen) atoms. The maximum atomic E-state index is 12.6. The molecular formula is C23H18Cl2IN3O. The van der Waals surface area contributed by atoms with Crippen LogP contribution in [0.25, 0.3) is 11.8 Å². The smallest absolute Gasteiger partial charge is 0.266 e. The van der Waals surface area contributed by atoms with Crippen molar-refractivity contribution < 1.29 is 4.79 Å². The minimum absolute atomic E-state index is 0.0138. The zero-order chi connectivity index (χ0) is 22.0. The summed E-state index contributed by atoms with van der Waals surface area (Å²) >= 11 is 14.3. The summed E-state index contributed by atoms with van der Waals surface area (Å²) in [6, 6.07) is 14.9. The van der Waals surface area contributed by atoms with Gasteiger partial charge in [-0.25, -0.2) is 0 Å². The minimum atomic E-state index is -0.531. The van der Waals surface area contributed by atoms with Crippen molar-refractivity contribution in [3.05, 3.63) is 84.2 Å². The predicted octanol–water partition coefficient (Wildman–Crippen LogP) is 6.86. The van der Waals surface area contributed by atoms with Gasteiger partial charge in [0.2, 0.25) is 0 Å². The molecule has 0 radical (unpaired) electrons. The highest BCUT2D eigenvalue weighted by Crippen LogP contribution is 2.27. The lowest BCUT2D eigenvalue weighted by atomic mass is 10.1. The molecule has 0 fully saturated rings. The fraction of sp³-hybridized carbons (Fsp3) is 0.130. The first-order valence-corrected chi connectivity index (χ1v) is 10.9. The molecule has 7 heteroatoms. The van der Waals surface area contributed by atoms with Gasteiger partial charge in [-0.3, -0.25) is 4.79 Å². The van der Waals surface area contributed by atoms with Crippen molar-refractivity contribution in [3.63, 3.8) is 0 Å². The van der Waals surface area contributed by atoms with Crippen LogP contribution in [0.5, 0.6) is 0 Å². The maximum absolute atomic E-state index is 12.6. The van der Waals surface area contributed by atoms with Gasteiger partial charge >= 0.3 is 0 Å². The number of benzene rings is 2. The number of anilines is 1. The fourth-order valence-corrected chi connectivity index (χ4v) is 3.97. The van der Waals surface area contributed by atoms with Gasteiger partial charge < -0.3 is 9.88 Å². The Labute approximate surface area is 199 Å². The van der Waals surface area contributed by atoms with Crippen LogP contribution in [-0.4, -0.2) is 10.5 Å². The molecule has 4 nitrogen and oxygen atoms in total. The van der Waals surface area contributed by atoms with E-state index in [1.165, 1.54) is 15.2 Å². The quantitative estimate of drug-likeness (QED) is 0.219. The summed E-state index contributed by atoms with van der Waals surface area (Å²) in [6.07, 6.45) is 1.59. The molecule has 0 saturated carbocycles. The number of hydrogen-bond donors (Lipinski definition) is 1. The number of nitriles is 1. The molecule has 0 bridgehead atoms. The van der Waals surface area contributed by atoms with E-state index in [0.717, 1.165) is 22.6 Å². The average Bonchev–Trinajstić information content (AvgIpc) is 2.97. The normalized spacial score (nSPS) is 11.3. The van der Waals surface area contributed by atoms with Crippen molar-refractivity contribution in [1.82, 2.24) is 4.57 Å². The second kappa shape index (κ2) is 9.25. The third kappa shape index (κ3) is 4.72. The molecule has 0 aliphatic heterocycles. The van der Waals surface area contributed by atoms with Gasteiger partial charge in [-0.1, -0.05) is 23.2 Å². The number of rotatable bonds is 4. The summed E-state index contributed by atoms with van der Waals surface area (Å²) in [5.74, 6) is -0.531. The fourth-order valence-electron chi connectivity index (χ4n) is 3.18. The van der Waals surface area contributed by atoms with Crippen molar-refractivity contribution in [1.29, 1.82) is 5.26 Å². The van der Waals surface area contributed by atoms with E-state index in [1.54, 1.807) is 18.2 Å². The summed E-state index contributed by atoms with van der Waals surface area (Å²) in [5, 5.41) is 13.0. The predicted molar refractivity (Wildman–Crippen MR) is 131 cm³/mol. The zero-order valence-electron chi connectivity index (χ0n) is 16.6. The molecule has 0 atom stereocenters. The number of hydrogen-bond acceptors (Lipinski definition) is 2. The van der Waals surface area contributed by atoms with Crippen molar-refractivity contribution in [2.75, 3.05) is 5.32 Å². The second-order valence-corrected chi connectivity index (χ2v) is 8.85. The Morgan fingerprint density at radius 1 is 1.13 bits per heavy atom. The number of carbonyl (C=O) groups is 1. The van der Waals surface area contributed by atoms with Gasteiger partial charge in [0, 0.05) is 25.7 Å². The van der Waals surface area contributed by atoms with E-state index in [9.17, 15) is 10.1 Å². The summed E-state index contributed by atoms with van der Waals surface area (Å²) in [4.78, 5) is 12.6. The van der Waals surface area contributed by atoms with E-state index >= 15 is 0 Å². The highest BCUT2D eigenvalue weighted by Gasteiger charge is 2.15. The SMILES string of the molecule is Cc1cc(-n2c(C)cc(/C=C(/C#N)C(=O)Nc3ccc(Cl)cc3Cl)c2C)ccc1I. The third-order valence-electron chi connectivity index (χ3n) is 4.71. The number of nitrogens with zero attached hydrogens (tertiary/aromatic N) is 2. The van der Waals surface area contributed by atoms with Crippen LogP contribution in [0.2, 0.25) is 10.0 Å². The summed E-state index contributed by atoms with van der Waals surface area (Å²) < 4.78 is 3.31. The van der Waals surface area contributed by atoms with Crippen LogP contribution in [0, 0.1) is 35.7 Å². The summed E-state index contributed by atoms with van der Waals surface area (Å²) in [6.45, 7) is 6.03. The highest BCUT2D eigenvalue weighted by atomic mass is 127. The monoisotopic (exact) mass is 549 g/mol. The van der Waals surface area contributed by atoms with Crippen molar-refractivity contribution in [2.24, 2.45) is 0 Å². The molecule has 3 aromatic rings. The maximum Gasteiger partial charge on any atom is 0.266 e. The first kappa shape index (κ1) is 22.4. The standard InChI is InChI=1S/C23H18Cl2IN3O/c1-13-8-19(5-6-21(13)26)29-14(2)9-16(15(29)3)10-17(12-27)23(30)28-22-7-4-18(24)11-20(22)25/h4-11H,1-3H3,(H,28,30)/b17-10-. The minimum Gasteiger partial charge on any atom is -0.320 e. The van der Waals surface area contributed by atoms with Crippen LogP contribution in [0.15, 0.2) is 48.0 Å². The van der Waals surface area contributed by atoms with Crippen molar-refractivity contribution >= 4 is 63.5 Å². The van der Waals surface area contributed by atoms with Gasteiger partial charge in [-0.05, 0) is 103 Å². The molecule has 1 aromatic heterocycles. The van der Waals surface area contributed by atoms with Crippen LogP contribution < -0.4 is 5.32 Å². The molecule has 2 aromatic carbocycles. The first-order chi connectivity index (χ1) is 14.2. The summed E-state index contributed by atoms with van der Waals surface area (Å²) in [5.41, 5.74) is 5.37. The molecule has 1 N–H and O–H groups in total. The Morgan fingerprint density at radius 3 is 2.50 bits per heavy atom. The lowest BCUT2D eigenvalue weighted by Crippen LogP contribution is -2.13. The number of nitrogens with one attached hydrogen (secondary N) is 1. The van der Waals surface area contributed by atoms with Crippen molar-refractivity contribution in [3.8, 4) is 11.8 Å². The zero-order valence-corrected chi connectivity index (χ0v) is 20.2. The molecule has 1 amide bonds. The first-order valence-electron chi connectivity index (χ1n) is 9.05. The Balaban J connectivity index is 1.95. The molecule has 0 aliphatic carbocycles. The molecule has 1 heterocycles. The van der Waals surface area contributed by atoms with Gasteiger partial charge in [-0.2, -0.15) is 5.26 Å². The third-order valence-corrected chi connectivity index (χ3v) is 6.47. The summed E-state index contributed by atoms with van der Waals surface area (Å²) in [7, 11) is 0. The largest absolute Gasteiger partial charge is 0.320 e. The van der Waals surface area contributed by atoms with E-state index in [1.807, 2.05) is 26.0 Å². The lowest BCUT2D eigenvalue weighted by molar-refractivity contribution is -0.112. The van der Waals surface area contributed by atoms with Gasteiger partial charge in [-0.15, -0.1) is 0 Å². The number of amides is 1. The molecule has 0 spiro atoms. The Hall–Kier alpha value is -2.27. The Bertz CT molecular complexity index is 1220. The van der Waals surface area contributed by atoms with Gasteiger partial charge in [0.15, 0.2) is 0 Å². The molecule has 3 rings (SSSR count). The topological polar surface area (TPSA) is 57.8 Å². The van der Waals surface area contributed by atoms with E-state index in [-0.39, 0.29) is 5.57 Å². The second-order valence-electron chi connectivity index (χ2n) is 6.84. The molecule has 0 unspecified atom stereocenters. The van der Waals surface area contributed by atoms with Crippen molar-refractivity contribution in [2.45, 2.75) is 20.8 Å². The number of aromatic nitrogens is 1. The van der Waals surface area contributed by atoms with Crippen LogP contribution in [0.3, 0.4) is 0 Å². The molecule has 0 saturated heterocycles. The van der Waals surface area contributed by atoms with Crippen LogP contribution in [-0.2, 0) is 4.79 Å². The van der Waals surface area contributed by atoms with E-state index in [0.29, 0.717) is 15.7 Å². The van der Waals surface area contributed by atoms with Crippen LogP contribution >= 0.6 is 45.8 Å². The molecular weight excluding hydrogens is 532 g/mol. The van der Waals surface area contributed by atoms with Gasteiger partial charge in [0.05, 0.1) is 10.7 Å². The van der Waals surface area contributed by atoms with Crippen LogP contribution in [0.4, 0.5) is 5.69 Å². The van der Waals surface area contributed by atoms with E-state index in [2.05, 4.69) is 57.6 Å². The van der Waals surface area contributed by atoms with Crippen LogP contribution in [0.1, 0.15) is 22.5 Å². The molecule has 0 aliphatic rings.